The number of carbonyl (C=O) groups is 2. The van der Waals surface area contributed by atoms with E-state index < -0.39 is 46.8 Å². The number of cyclic esters (lactones) is 1. The number of benzene rings is 1. The largest absolute Gasteiger partial charge is 0.457 e. The van der Waals surface area contributed by atoms with E-state index in [1.807, 2.05) is 0 Å². The minimum Gasteiger partial charge on any atom is -0.457 e. The molecule has 36 heavy (non-hydrogen) atoms. The van der Waals surface area contributed by atoms with Gasteiger partial charge >= 0.3 is 5.97 Å². The van der Waals surface area contributed by atoms with Crippen LogP contribution in [-0.2, 0) is 23.8 Å². The van der Waals surface area contributed by atoms with E-state index >= 15 is 0 Å². The normalized spacial score (nSPS) is 36.3. The van der Waals surface area contributed by atoms with Crippen molar-refractivity contribution >= 4 is 34.5 Å². The lowest BCUT2D eigenvalue weighted by Crippen LogP contribution is -2.46. The topological polar surface area (TPSA) is 132 Å². The summed E-state index contributed by atoms with van der Waals surface area (Å²) < 4.78 is 22.8. The quantitative estimate of drug-likeness (QED) is 0.327. The maximum Gasteiger partial charge on any atom is 0.309 e. The molecule has 2 fully saturated rings. The van der Waals surface area contributed by atoms with Gasteiger partial charge in [0.2, 0.25) is 0 Å². The molecule has 2 aromatic rings. The van der Waals surface area contributed by atoms with E-state index in [-0.39, 0.29) is 37.8 Å². The van der Waals surface area contributed by atoms with Crippen LogP contribution in [0, 0.1) is 24.2 Å². The maximum absolute atomic E-state index is 13.2. The molecule has 2 aliphatic heterocycles. The number of halogens is 1. The number of aliphatic hydroxyl groups is 2. The van der Waals surface area contributed by atoms with Gasteiger partial charge in [0, 0.05) is 25.2 Å². The molecule has 2 saturated heterocycles. The molecule has 3 heterocycles. The van der Waals surface area contributed by atoms with E-state index in [0.717, 1.165) is 0 Å². The van der Waals surface area contributed by atoms with Crippen molar-refractivity contribution < 1.29 is 38.4 Å². The lowest BCUT2D eigenvalue weighted by atomic mass is 9.73. The molecule has 10 heteroatoms. The predicted molar refractivity (Wildman–Crippen MR) is 130 cm³/mol. The van der Waals surface area contributed by atoms with Crippen LogP contribution in [0.1, 0.15) is 58.1 Å². The summed E-state index contributed by atoms with van der Waals surface area (Å²) in [5.41, 5.74) is 0.628. The van der Waals surface area contributed by atoms with Gasteiger partial charge in [0.05, 0.1) is 37.3 Å². The van der Waals surface area contributed by atoms with E-state index in [1.165, 1.54) is 0 Å². The van der Waals surface area contributed by atoms with Gasteiger partial charge in [-0.05, 0) is 17.7 Å². The minimum atomic E-state index is -1.31. The molecule has 7 atom stereocenters. The molecule has 0 amide bonds. The van der Waals surface area contributed by atoms with Crippen LogP contribution in [0.5, 0.6) is 0 Å². The van der Waals surface area contributed by atoms with Crippen LogP contribution in [0.4, 0.5) is 0 Å². The van der Waals surface area contributed by atoms with Crippen LogP contribution in [0.25, 0.3) is 11.1 Å². The highest BCUT2D eigenvalue weighted by Crippen LogP contribution is 2.47. The zero-order valence-electron chi connectivity index (χ0n) is 21.2. The van der Waals surface area contributed by atoms with Crippen LogP contribution in [-0.4, -0.2) is 63.5 Å². The summed E-state index contributed by atoms with van der Waals surface area (Å²) in [5, 5.41) is 20.5. The Morgan fingerprint density at radius 1 is 1.17 bits per heavy atom. The van der Waals surface area contributed by atoms with Crippen molar-refractivity contribution in [3.63, 3.8) is 0 Å². The highest BCUT2D eigenvalue weighted by atomic mass is 35.5. The highest BCUT2D eigenvalue weighted by Gasteiger charge is 2.57. The van der Waals surface area contributed by atoms with Crippen molar-refractivity contribution in [1.29, 1.82) is 0 Å². The minimum absolute atomic E-state index is 0.0744. The third-order valence-corrected chi connectivity index (χ3v) is 7.81. The van der Waals surface area contributed by atoms with E-state index in [9.17, 15) is 19.8 Å². The van der Waals surface area contributed by atoms with Crippen molar-refractivity contribution in [3.05, 3.63) is 29.7 Å². The molecule has 2 N–H and O–H groups in total. The van der Waals surface area contributed by atoms with Crippen LogP contribution >= 0.6 is 11.6 Å². The Kier molecular flexibility index (Phi) is 7.52. The zero-order chi connectivity index (χ0) is 26.4. The van der Waals surface area contributed by atoms with Crippen LogP contribution < -0.4 is 0 Å². The Bertz CT molecular complexity index is 1130. The number of fused-ring (bicyclic) bond motifs is 2. The highest BCUT2D eigenvalue weighted by molar-refractivity contribution is 6.25. The fourth-order valence-electron chi connectivity index (χ4n) is 4.76. The van der Waals surface area contributed by atoms with Gasteiger partial charge < -0.3 is 28.8 Å². The molecule has 1 aromatic carbocycles. The molecular weight excluding hydrogens is 490 g/mol. The number of oxazole rings is 1. The molecular formula is C26H34ClNO8. The van der Waals surface area contributed by atoms with Gasteiger partial charge in [0.25, 0.3) is 0 Å². The fraction of sp³-hybridized carbons (Fsp3) is 0.654. The number of aryl methyl sites for hydroxylation is 1. The number of Topliss-reactive ketones (excluding diaryl/α,β-unsaturated/α-hetero) is 1. The summed E-state index contributed by atoms with van der Waals surface area (Å²) in [6, 6.07) is 5.32. The Morgan fingerprint density at radius 3 is 2.61 bits per heavy atom. The second-order valence-corrected chi connectivity index (χ2v) is 11.3. The number of hydrogen-bond donors (Lipinski definition) is 2. The summed E-state index contributed by atoms with van der Waals surface area (Å²) in [4.78, 5) is 30.5. The molecule has 1 aromatic heterocycles. The van der Waals surface area contributed by atoms with Crippen molar-refractivity contribution in [2.75, 3.05) is 13.2 Å². The number of ketones is 1. The van der Waals surface area contributed by atoms with Gasteiger partial charge in [-0.3, -0.25) is 9.59 Å². The fourth-order valence-corrected chi connectivity index (χ4v) is 5.04. The SMILES string of the molecule is Cc1nc2cc([C@@H]3CC4OC4(Cl)COC[C@H](C)[C@H](O)[C@@H](C)C(=O)C(C)(C)[C@@H](O)CC(=O)O3)ccc2o1. The average molecular weight is 524 g/mol. The molecule has 0 aliphatic carbocycles. The number of aromatic nitrogens is 1. The molecule has 0 saturated carbocycles. The van der Waals surface area contributed by atoms with Crippen molar-refractivity contribution in [2.24, 2.45) is 17.3 Å². The molecule has 9 nitrogen and oxygen atoms in total. The molecule has 0 spiro atoms. The van der Waals surface area contributed by atoms with Gasteiger partial charge in [-0.15, -0.1) is 0 Å². The first-order valence-corrected chi connectivity index (χ1v) is 12.6. The third-order valence-electron chi connectivity index (χ3n) is 7.37. The lowest BCUT2D eigenvalue weighted by molar-refractivity contribution is -0.156. The summed E-state index contributed by atoms with van der Waals surface area (Å²) in [5.74, 6) is -1.65. The van der Waals surface area contributed by atoms with E-state index in [2.05, 4.69) is 4.98 Å². The number of ether oxygens (including phenoxy) is 3. The number of epoxide rings is 1. The predicted octanol–water partition coefficient (Wildman–Crippen LogP) is 3.45. The molecule has 0 radical (unpaired) electrons. The molecule has 2 unspecified atom stereocenters. The number of nitrogens with zero attached hydrogens (tertiary/aromatic N) is 1. The molecule has 0 bridgehead atoms. The maximum atomic E-state index is 13.2. The van der Waals surface area contributed by atoms with E-state index in [4.69, 9.17) is 30.2 Å². The number of hydrogen-bond acceptors (Lipinski definition) is 9. The summed E-state index contributed by atoms with van der Waals surface area (Å²) in [6.07, 6.45) is -3.61. The standard InChI is InChI=1S/C26H34ClNO8/c1-13-11-33-12-26(27)21(36-26)9-19(16-6-7-18-17(8-16)28-15(3)34-18)35-22(30)10-20(29)25(4,5)24(32)14(2)23(13)31/h6-8,13-14,19-21,23,29,31H,9-12H2,1-5H3/t13-,14+,19-,20-,21?,23-,26?/m0/s1. The second kappa shape index (κ2) is 10.0. The van der Waals surface area contributed by atoms with Gasteiger partial charge in [-0.1, -0.05) is 45.4 Å². The van der Waals surface area contributed by atoms with E-state index in [1.54, 1.807) is 52.8 Å². The first kappa shape index (κ1) is 27.0. The van der Waals surface area contributed by atoms with Gasteiger partial charge in [0.1, 0.15) is 23.5 Å². The van der Waals surface area contributed by atoms with E-state index in [0.29, 0.717) is 22.6 Å². The van der Waals surface area contributed by atoms with Crippen molar-refractivity contribution in [2.45, 2.75) is 76.9 Å². The van der Waals surface area contributed by atoms with Gasteiger partial charge in [-0.25, -0.2) is 4.98 Å². The first-order chi connectivity index (χ1) is 16.8. The average Bonchev–Trinajstić information content (AvgIpc) is 3.28. The monoisotopic (exact) mass is 523 g/mol. The number of alkyl halides is 1. The molecule has 4 rings (SSSR count). The number of esters is 1. The number of aliphatic hydroxyl groups excluding tert-OH is 2. The summed E-state index contributed by atoms with van der Waals surface area (Å²) in [6.45, 7) is 8.52. The number of rotatable bonds is 1. The molecule has 2 aliphatic rings. The second-order valence-electron chi connectivity index (χ2n) is 10.6. The lowest BCUT2D eigenvalue weighted by Gasteiger charge is -2.34. The Morgan fingerprint density at radius 2 is 1.89 bits per heavy atom. The van der Waals surface area contributed by atoms with Crippen molar-refractivity contribution in [3.8, 4) is 0 Å². The zero-order valence-corrected chi connectivity index (χ0v) is 21.9. The molecule has 198 valence electrons. The van der Waals surface area contributed by atoms with Gasteiger partial charge in [-0.2, -0.15) is 0 Å². The van der Waals surface area contributed by atoms with Crippen LogP contribution in [0.2, 0.25) is 0 Å². The third kappa shape index (κ3) is 5.45. The summed E-state index contributed by atoms with van der Waals surface area (Å²) >= 11 is 6.59. The Balaban J connectivity index is 1.61. The Hall–Kier alpha value is -2.04. The van der Waals surface area contributed by atoms with Gasteiger partial charge in [0.15, 0.2) is 16.5 Å². The van der Waals surface area contributed by atoms with Crippen LogP contribution in [0.15, 0.2) is 22.6 Å². The summed E-state index contributed by atoms with van der Waals surface area (Å²) in [7, 11) is 0. The first-order valence-electron chi connectivity index (χ1n) is 12.2. The Labute approximate surface area is 215 Å². The van der Waals surface area contributed by atoms with Crippen LogP contribution in [0.3, 0.4) is 0 Å². The number of carbonyl (C=O) groups excluding carboxylic acids is 2. The smallest absolute Gasteiger partial charge is 0.309 e. The van der Waals surface area contributed by atoms with Crippen molar-refractivity contribution in [1.82, 2.24) is 4.98 Å².